The fourth-order valence-electron chi connectivity index (χ4n) is 3.23. The van der Waals surface area contributed by atoms with Gasteiger partial charge in [0.25, 0.3) is 5.91 Å². The molecule has 1 saturated carbocycles. The highest BCUT2D eigenvalue weighted by Crippen LogP contribution is 2.29. The highest BCUT2D eigenvalue weighted by Gasteiger charge is 2.53. The van der Waals surface area contributed by atoms with E-state index >= 15 is 0 Å². The van der Waals surface area contributed by atoms with Crippen LogP contribution in [0.2, 0.25) is 0 Å². The van der Waals surface area contributed by atoms with Crippen molar-refractivity contribution in [1.29, 1.82) is 0 Å². The molecule has 2 unspecified atom stereocenters. The smallest absolute Gasteiger partial charge is 0.279 e. The van der Waals surface area contributed by atoms with Gasteiger partial charge >= 0.3 is 0 Å². The molecule has 0 aromatic heterocycles. The standard InChI is InChI=1S/C15H28N2O11S/c16-3(2-29)14(26)17-5-7(20)6(19)4(1-18)27-15(5)28-13-11(24)9(22)8(21)10(23)12(13)25/h3-13,15,18-25,29H,1-2,16H2,(H,17,26)/p+1/t3-,4+,5+,6+,7+,8?,9-,10+,11+,12+,13?,15+/m0/s1. The lowest BCUT2D eigenvalue weighted by Gasteiger charge is -2.47. The number of aliphatic hydroxyl groups is 8. The molecule has 1 heterocycles. The van der Waals surface area contributed by atoms with Crippen LogP contribution in [0, 0.1) is 0 Å². The second-order valence-electron chi connectivity index (χ2n) is 7.17. The topological polar surface area (TPSA) is 237 Å². The summed E-state index contributed by atoms with van der Waals surface area (Å²) in [6.45, 7) is -0.729. The zero-order valence-corrected chi connectivity index (χ0v) is 16.2. The van der Waals surface area contributed by atoms with Gasteiger partial charge < -0.3 is 61.4 Å². The Labute approximate surface area is 171 Å². The molecule has 0 radical (unpaired) electrons. The largest absolute Gasteiger partial charge is 0.394 e. The average Bonchev–Trinajstić information content (AvgIpc) is 2.72. The van der Waals surface area contributed by atoms with E-state index in [1.54, 1.807) is 0 Å². The third-order valence-corrected chi connectivity index (χ3v) is 5.59. The van der Waals surface area contributed by atoms with E-state index in [1.165, 1.54) is 0 Å². The Balaban J connectivity index is 2.25. The molecule has 12 atom stereocenters. The first kappa shape index (κ1) is 24.6. The molecule has 1 aliphatic heterocycles. The lowest BCUT2D eigenvalue weighted by atomic mass is 9.84. The lowest BCUT2D eigenvalue weighted by Crippen LogP contribution is -2.73. The number of thiol groups is 1. The number of hydrogen-bond acceptors (Lipinski definition) is 12. The number of amides is 1. The van der Waals surface area contributed by atoms with Gasteiger partial charge in [0.05, 0.1) is 12.4 Å². The number of rotatable bonds is 6. The van der Waals surface area contributed by atoms with Crippen molar-refractivity contribution in [2.75, 3.05) is 12.4 Å². The first-order chi connectivity index (χ1) is 13.5. The van der Waals surface area contributed by atoms with Crippen LogP contribution >= 0.6 is 12.6 Å². The fourth-order valence-corrected chi connectivity index (χ4v) is 3.40. The van der Waals surface area contributed by atoms with E-state index in [0.29, 0.717) is 0 Å². The van der Waals surface area contributed by atoms with Crippen molar-refractivity contribution >= 4 is 18.5 Å². The van der Waals surface area contributed by atoms with E-state index in [-0.39, 0.29) is 5.75 Å². The Hall–Kier alpha value is -0.620. The fraction of sp³-hybridized carbons (Fsp3) is 0.933. The van der Waals surface area contributed by atoms with Gasteiger partial charge in [0, 0.05) is 0 Å². The van der Waals surface area contributed by atoms with Crippen LogP contribution < -0.4 is 11.1 Å². The molecule has 2 aliphatic rings. The number of nitrogens with one attached hydrogen (secondary N) is 1. The molecule has 170 valence electrons. The second-order valence-corrected chi connectivity index (χ2v) is 7.54. The van der Waals surface area contributed by atoms with E-state index in [2.05, 4.69) is 23.7 Å². The van der Waals surface area contributed by atoms with Crippen molar-refractivity contribution < 1.29 is 60.9 Å². The summed E-state index contributed by atoms with van der Waals surface area (Å²) >= 11 is 3.95. The van der Waals surface area contributed by atoms with Crippen molar-refractivity contribution in [1.82, 2.24) is 5.32 Å². The molecule has 1 aliphatic carbocycles. The van der Waals surface area contributed by atoms with Crippen LogP contribution in [0.3, 0.4) is 0 Å². The second kappa shape index (κ2) is 10.1. The number of ether oxygens (including phenoxy) is 2. The Morgan fingerprint density at radius 3 is 1.97 bits per heavy atom. The molecule has 14 heteroatoms. The first-order valence-electron chi connectivity index (χ1n) is 8.97. The van der Waals surface area contributed by atoms with Gasteiger partial charge in [-0.1, -0.05) is 0 Å². The predicted molar refractivity (Wildman–Crippen MR) is 95.1 cm³/mol. The van der Waals surface area contributed by atoms with Crippen molar-refractivity contribution in [3.63, 3.8) is 0 Å². The zero-order chi connectivity index (χ0) is 22.0. The van der Waals surface area contributed by atoms with Crippen molar-refractivity contribution in [3.8, 4) is 0 Å². The summed E-state index contributed by atoms with van der Waals surface area (Å²) in [5, 5.41) is 81.7. The van der Waals surface area contributed by atoms with Crippen LogP contribution in [-0.2, 0) is 14.3 Å². The third-order valence-electron chi connectivity index (χ3n) is 5.15. The van der Waals surface area contributed by atoms with Crippen LogP contribution in [0.15, 0.2) is 0 Å². The summed E-state index contributed by atoms with van der Waals surface area (Å²) in [7, 11) is 0. The van der Waals surface area contributed by atoms with Gasteiger partial charge in [0.2, 0.25) is 0 Å². The summed E-state index contributed by atoms with van der Waals surface area (Å²) in [6.07, 6.45) is -17.2. The number of quaternary nitrogens is 1. The average molecular weight is 445 g/mol. The number of hydrogen-bond donors (Lipinski definition) is 11. The maximum Gasteiger partial charge on any atom is 0.279 e. The number of carbonyl (C=O) groups excluding carboxylic acids is 1. The molecule has 29 heavy (non-hydrogen) atoms. The Bertz CT molecular complexity index is 544. The number of aliphatic hydroxyl groups excluding tert-OH is 8. The summed E-state index contributed by atoms with van der Waals surface area (Å²) < 4.78 is 10.8. The first-order valence-corrected chi connectivity index (χ1v) is 9.60. The van der Waals surface area contributed by atoms with Crippen LogP contribution in [0.25, 0.3) is 0 Å². The van der Waals surface area contributed by atoms with Gasteiger partial charge in [-0.3, -0.25) is 4.79 Å². The maximum atomic E-state index is 12.2. The van der Waals surface area contributed by atoms with Gasteiger partial charge in [-0.15, -0.1) is 0 Å². The molecular formula is C15H29N2O11S+. The van der Waals surface area contributed by atoms with E-state index in [0.717, 1.165) is 0 Å². The molecule has 2 fully saturated rings. The molecule has 1 saturated heterocycles. The monoisotopic (exact) mass is 445 g/mol. The summed E-state index contributed by atoms with van der Waals surface area (Å²) in [6, 6.07) is -2.26. The van der Waals surface area contributed by atoms with E-state index in [4.69, 9.17) is 9.47 Å². The van der Waals surface area contributed by atoms with Crippen LogP contribution in [0.5, 0.6) is 0 Å². The maximum absolute atomic E-state index is 12.2. The van der Waals surface area contributed by atoms with E-state index in [1.807, 2.05) is 0 Å². The van der Waals surface area contributed by atoms with Crippen LogP contribution in [0.4, 0.5) is 0 Å². The summed E-state index contributed by atoms with van der Waals surface area (Å²) in [4.78, 5) is 12.2. The minimum absolute atomic E-state index is 0.0686. The SMILES string of the molecule is [NH3+][C@@H](CS)C(=O)N[C@H]1[C@@H](OC2[C@H](O)[C@H](O)C(O)[C@H](O)[C@H]2O)O[C@H](CO)[C@@H](O)[C@@H]1O. The Kier molecular flexibility index (Phi) is 8.61. The molecule has 0 spiro atoms. The highest BCUT2D eigenvalue weighted by atomic mass is 32.1. The molecular weight excluding hydrogens is 416 g/mol. The van der Waals surface area contributed by atoms with E-state index in [9.17, 15) is 45.6 Å². The van der Waals surface area contributed by atoms with Crippen LogP contribution in [-0.4, -0.2) is 132 Å². The third kappa shape index (κ3) is 5.00. The minimum atomic E-state index is -1.87. The molecule has 13 nitrogen and oxygen atoms in total. The van der Waals surface area contributed by atoms with E-state index < -0.39 is 85.8 Å². The molecule has 12 N–H and O–H groups in total. The molecule has 2 rings (SSSR count). The van der Waals surface area contributed by atoms with Gasteiger partial charge in [-0.05, 0) is 0 Å². The van der Waals surface area contributed by atoms with Crippen molar-refractivity contribution in [2.24, 2.45) is 0 Å². The molecule has 1 amide bonds. The van der Waals surface area contributed by atoms with Crippen molar-refractivity contribution in [3.05, 3.63) is 0 Å². The van der Waals surface area contributed by atoms with Gasteiger partial charge in [-0.2, -0.15) is 12.6 Å². The normalized spacial score (nSPS) is 46.9. The van der Waals surface area contributed by atoms with Gasteiger partial charge in [-0.25, -0.2) is 0 Å². The Morgan fingerprint density at radius 1 is 0.966 bits per heavy atom. The minimum Gasteiger partial charge on any atom is -0.394 e. The Morgan fingerprint density at radius 2 is 1.48 bits per heavy atom. The number of carbonyl (C=O) groups is 1. The van der Waals surface area contributed by atoms with Gasteiger partial charge in [0.15, 0.2) is 12.3 Å². The zero-order valence-electron chi connectivity index (χ0n) is 15.3. The molecule has 0 bridgehead atoms. The van der Waals surface area contributed by atoms with Crippen LogP contribution in [0.1, 0.15) is 0 Å². The summed E-state index contributed by atoms with van der Waals surface area (Å²) in [5.74, 6) is -0.602. The molecule has 0 aromatic carbocycles. The lowest BCUT2D eigenvalue weighted by molar-refractivity contribution is -0.397. The highest BCUT2D eigenvalue weighted by molar-refractivity contribution is 7.80. The van der Waals surface area contributed by atoms with Crippen molar-refractivity contribution in [2.45, 2.75) is 73.3 Å². The van der Waals surface area contributed by atoms with Gasteiger partial charge in [0.1, 0.15) is 61.0 Å². The quantitative estimate of drug-likeness (QED) is 0.172. The molecule has 0 aromatic rings. The predicted octanol–water partition coefficient (Wildman–Crippen LogP) is -7.35. The summed E-state index contributed by atoms with van der Waals surface area (Å²) in [5.41, 5.74) is 3.56.